The summed E-state index contributed by atoms with van der Waals surface area (Å²) < 4.78 is 11.5. The second-order valence-electron chi connectivity index (χ2n) is 5.99. The van der Waals surface area contributed by atoms with Gasteiger partial charge in [-0.1, -0.05) is 31.9 Å². The lowest BCUT2D eigenvalue weighted by atomic mass is 9.76. The lowest BCUT2D eigenvalue weighted by Crippen LogP contribution is -2.53. The van der Waals surface area contributed by atoms with Crippen molar-refractivity contribution in [1.82, 2.24) is 0 Å². The van der Waals surface area contributed by atoms with Gasteiger partial charge in [0.15, 0.2) is 6.29 Å². The molecule has 118 valence electrons. The van der Waals surface area contributed by atoms with Gasteiger partial charge in [0.1, 0.15) is 6.10 Å². The molecule has 0 aromatic rings. The molecular weight excluding hydrogens is 270 g/mol. The molecule has 0 aromatic heterocycles. The van der Waals surface area contributed by atoms with Crippen molar-refractivity contribution in [3.8, 4) is 6.07 Å². The minimum Gasteiger partial charge on any atom is -0.393 e. The molecule has 2 rings (SSSR count). The fourth-order valence-electron chi connectivity index (χ4n) is 3.19. The van der Waals surface area contributed by atoms with Crippen molar-refractivity contribution < 1.29 is 19.7 Å². The van der Waals surface area contributed by atoms with Gasteiger partial charge in [0.25, 0.3) is 0 Å². The van der Waals surface area contributed by atoms with Crippen molar-refractivity contribution in [2.24, 2.45) is 5.92 Å². The first-order valence-corrected chi connectivity index (χ1v) is 7.82. The van der Waals surface area contributed by atoms with E-state index in [0.717, 1.165) is 12.8 Å². The van der Waals surface area contributed by atoms with Crippen molar-refractivity contribution >= 4 is 0 Å². The molecule has 0 aliphatic carbocycles. The number of nitriles is 1. The molecular formula is C16H25NO4. The zero-order chi connectivity index (χ0) is 15.3. The summed E-state index contributed by atoms with van der Waals surface area (Å²) in [6, 6.07) is 2.08. The van der Waals surface area contributed by atoms with Crippen LogP contribution in [0, 0.1) is 17.2 Å². The average Bonchev–Trinajstić information content (AvgIpc) is 2.81. The van der Waals surface area contributed by atoms with Crippen LogP contribution in [0.15, 0.2) is 12.2 Å². The van der Waals surface area contributed by atoms with Gasteiger partial charge in [-0.3, -0.25) is 0 Å². The Morgan fingerprint density at radius 2 is 2.19 bits per heavy atom. The Hall–Kier alpha value is -0.930. The second-order valence-corrected chi connectivity index (χ2v) is 5.99. The largest absolute Gasteiger partial charge is 0.393 e. The normalized spacial score (nSPS) is 38.8. The fourth-order valence-corrected chi connectivity index (χ4v) is 3.19. The molecule has 0 saturated carbocycles. The highest BCUT2D eigenvalue weighted by Gasteiger charge is 2.55. The molecule has 5 atom stereocenters. The van der Waals surface area contributed by atoms with E-state index in [1.165, 1.54) is 12.8 Å². The molecule has 21 heavy (non-hydrogen) atoms. The van der Waals surface area contributed by atoms with Crippen molar-refractivity contribution in [2.45, 2.75) is 69.5 Å². The predicted octanol–water partition coefficient (Wildman–Crippen LogP) is 1.89. The van der Waals surface area contributed by atoms with E-state index in [0.29, 0.717) is 0 Å². The van der Waals surface area contributed by atoms with Gasteiger partial charge in [-0.2, -0.15) is 5.26 Å². The zero-order valence-electron chi connectivity index (χ0n) is 12.6. The number of aliphatic hydroxyl groups excluding tert-OH is 1. The van der Waals surface area contributed by atoms with Crippen LogP contribution in [0.25, 0.3) is 0 Å². The molecule has 5 heteroatoms. The summed E-state index contributed by atoms with van der Waals surface area (Å²) in [5.74, 6) is -0.420. The highest BCUT2D eigenvalue weighted by atomic mass is 16.7. The Kier molecular flexibility index (Phi) is 5.77. The third kappa shape index (κ3) is 3.64. The number of hydrogen-bond donors (Lipinski definition) is 2. The third-order valence-electron chi connectivity index (χ3n) is 4.43. The average molecular weight is 295 g/mol. The van der Waals surface area contributed by atoms with Crippen LogP contribution in [0.5, 0.6) is 0 Å². The molecule has 0 radical (unpaired) electrons. The number of allylic oxidation sites excluding steroid dienone is 1. The minimum atomic E-state index is -1.28. The summed E-state index contributed by atoms with van der Waals surface area (Å²) in [6.07, 6.45) is 7.89. The topological polar surface area (TPSA) is 82.7 Å². The summed E-state index contributed by atoms with van der Waals surface area (Å²) in [7, 11) is 0. The SMILES string of the molecule is CCCCC/C=C/[C@@H]1O[C@H]2C[C@](O)(CO)[C@H](CC#N)[C@@H]1O2. The molecule has 5 nitrogen and oxygen atoms in total. The van der Waals surface area contributed by atoms with Crippen LogP contribution >= 0.6 is 0 Å². The van der Waals surface area contributed by atoms with Crippen LogP contribution in [0.1, 0.15) is 45.4 Å². The van der Waals surface area contributed by atoms with Crippen LogP contribution in [0.3, 0.4) is 0 Å². The predicted molar refractivity (Wildman–Crippen MR) is 77.2 cm³/mol. The maximum absolute atomic E-state index is 10.5. The number of fused-ring (bicyclic) bond motifs is 2. The first kappa shape index (κ1) is 16.4. The van der Waals surface area contributed by atoms with Crippen LogP contribution in [0.4, 0.5) is 0 Å². The summed E-state index contributed by atoms with van der Waals surface area (Å²) in [5, 5.41) is 29.0. The van der Waals surface area contributed by atoms with E-state index in [9.17, 15) is 10.2 Å². The zero-order valence-corrected chi connectivity index (χ0v) is 12.6. The molecule has 2 aliphatic heterocycles. The van der Waals surface area contributed by atoms with Crippen molar-refractivity contribution in [2.75, 3.05) is 6.61 Å². The van der Waals surface area contributed by atoms with Gasteiger partial charge < -0.3 is 19.7 Å². The van der Waals surface area contributed by atoms with E-state index in [4.69, 9.17) is 14.7 Å². The van der Waals surface area contributed by atoms with E-state index in [1.807, 2.05) is 6.08 Å². The maximum atomic E-state index is 10.5. The van der Waals surface area contributed by atoms with Crippen molar-refractivity contribution in [3.63, 3.8) is 0 Å². The number of unbranched alkanes of at least 4 members (excludes halogenated alkanes) is 3. The standard InChI is InChI=1S/C16H25NO4/c1-2-3-4-5-6-7-13-15-12(8-9-17)16(19,11-18)10-14(20-13)21-15/h6-7,12-15,18-19H,2-5,8,10-11H2,1H3/b7-6+/t12-,13+,14-,15+,16+/m1/s1. The van der Waals surface area contributed by atoms with Gasteiger partial charge in [0, 0.05) is 18.8 Å². The summed E-state index contributed by atoms with van der Waals surface area (Å²) in [6.45, 7) is 1.80. The third-order valence-corrected chi connectivity index (χ3v) is 4.43. The Morgan fingerprint density at radius 3 is 2.86 bits per heavy atom. The van der Waals surface area contributed by atoms with E-state index in [-0.39, 0.29) is 31.7 Å². The molecule has 2 heterocycles. The quantitative estimate of drug-likeness (QED) is 0.553. The van der Waals surface area contributed by atoms with Crippen LogP contribution in [0.2, 0.25) is 0 Å². The number of nitrogens with zero attached hydrogens (tertiary/aromatic N) is 1. The van der Waals surface area contributed by atoms with Crippen LogP contribution in [-0.4, -0.2) is 40.9 Å². The first-order chi connectivity index (χ1) is 10.1. The van der Waals surface area contributed by atoms with Gasteiger partial charge in [0.2, 0.25) is 0 Å². The molecule has 0 amide bonds. The lowest BCUT2D eigenvalue weighted by Gasteiger charge is -2.40. The van der Waals surface area contributed by atoms with E-state index in [2.05, 4.69) is 19.1 Å². The van der Waals surface area contributed by atoms with Crippen LogP contribution in [-0.2, 0) is 9.47 Å². The van der Waals surface area contributed by atoms with E-state index in [1.54, 1.807) is 0 Å². The highest BCUT2D eigenvalue weighted by molar-refractivity contribution is 5.08. The van der Waals surface area contributed by atoms with Crippen molar-refractivity contribution in [3.05, 3.63) is 12.2 Å². The summed E-state index contributed by atoms with van der Waals surface area (Å²) >= 11 is 0. The fraction of sp³-hybridized carbons (Fsp3) is 0.812. The monoisotopic (exact) mass is 295 g/mol. The Labute approximate surface area is 126 Å². The van der Waals surface area contributed by atoms with E-state index >= 15 is 0 Å². The van der Waals surface area contributed by atoms with Crippen LogP contribution < -0.4 is 0 Å². The number of aliphatic hydroxyl groups is 2. The molecule has 0 aromatic carbocycles. The summed E-state index contributed by atoms with van der Waals surface area (Å²) in [4.78, 5) is 0. The highest BCUT2D eigenvalue weighted by Crippen LogP contribution is 2.43. The van der Waals surface area contributed by atoms with Gasteiger partial charge in [-0.25, -0.2) is 0 Å². The number of ether oxygens (including phenoxy) is 2. The molecule has 2 aliphatic rings. The Balaban J connectivity index is 2.01. The Bertz CT molecular complexity index is 406. The molecule has 2 fully saturated rings. The van der Waals surface area contributed by atoms with E-state index < -0.39 is 17.8 Å². The maximum Gasteiger partial charge on any atom is 0.161 e. The van der Waals surface area contributed by atoms with Gasteiger partial charge in [-0.05, 0) is 12.8 Å². The van der Waals surface area contributed by atoms with Gasteiger partial charge >= 0.3 is 0 Å². The van der Waals surface area contributed by atoms with Crippen molar-refractivity contribution in [1.29, 1.82) is 5.26 Å². The van der Waals surface area contributed by atoms with Gasteiger partial charge in [0.05, 0.1) is 24.4 Å². The molecule has 0 spiro atoms. The molecule has 0 unspecified atom stereocenters. The number of hydrogen-bond acceptors (Lipinski definition) is 5. The number of rotatable bonds is 7. The van der Waals surface area contributed by atoms with Gasteiger partial charge in [-0.15, -0.1) is 0 Å². The second kappa shape index (κ2) is 7.37. The lowest BCUT2D eigenvalue weighted by molar-refractivity contribution is -0.199. The minimum absolute atomic E-state index is 0.151. The first-order valence-electron chi connectivity index (χ1n) is 7.82. The summed E-state index contributed by atoms with van der Waals surface area (Å²) in [5.41, 5.74) is -1.28. The Morgan fingerprint density at radius 1 is 1.38 bits per heavy atom. The smallest absolute Gasteiger partial charge is 0.161 e. The molecule has 2 saturated heterocycles. The molecule has 2 bridgehead atoms. The molecule has 2 N–H and O–H groups in total.